The van der Waals surface area contributed by atoms with E-state index in [1.807, 2.05) is 65.4 Å². The second-order valence-electron chi connectivity index (χ2n) is 7.41. The van der Waals surface area contributed by atoms with Gasteiger partial charge in [-0.15, -0.1) is 0 Å². The van der Waals surface area contributed by atoms with Crippen molar-refractivity contribution in [2.75, 3.05) is 7.11 Å². The van der Waals surface area contributed by atoms with Crippen molar-refractivity contribution in [1.82, 2.24) is 9.55 Å². The molecule has 3 aromatic carbocycles. The van der Waals surface area contributed by atoms with Crippen LogP contribution in [0.5, 0.6) is 0 Å². The number of carbonyl (C=O) groups is 1. The van der Waals surface area contributed by atoms with E-state index in [2.05, 4.69) is 41.4 Å². The maximum Gasteiger partial charge on any atom is 0.324 e. The van der Waals surface area contributed by atoms with Gasteiger partial charge in [-0.3, -0.25) is 4.79 Å². The van der Waals surface area contributed by atoms with E-state index in [4.69, 9.17) is 10.5 Å². The number of imidazole rings is 1. The van der Waals surface area contributed by atoms with Crippen molar-refractivity contribution >= 4 is 5.97 Å². The van der Waals surface area contributed by atoms with Gasteiger partial charge in [-0.2, -0.15) is 0 Å². The van der Waals surface area contributed by atoms with Gasteiger partial charge in [0.15, 0.2) is 0 Å². The van der Waals surface area contributed by atoms with Crippen molar-refractivity contribution < 1.29 is 9.53 Å². The number of esters is 1. The van der Waals surface area contributed by atoms with Crippen LogP contribution in [0.15, 0.2) is 104 Å². The molecule has 0 spiro atoms. The molecule has 31 heavy (non-hydrogen) atoms. The lowest BCUT2D eigenvalue weighted by molar-refractivity contribution is -0.142. The third kappa shape index (κ3) is 3.76. The van der Waals surface area contributed by atoms with E-state index in [1.165, 1.54) is 7.11 Å². The fraction of sp³-hybridized carbons (Fsp3) is 0.154. The van der Waals surface area contributed by atoms with Crippen LogP contribution in [0, 0.1) is 0 Å². The lowest BCUT2D eigenvalue weighted by Gasteiger charge is -2.37. The second-order valence-corrected chi connectivity index (χ2v) is 7.41. The Labute approximate surface area is 182 Å². The molecule has 1 aromatic heterocycles. The van der Waals surface area contributed by atoms with Gasteiger partial charge in [-0.05, 0) is 16.7 Å². The van der Waals surface area contributed by atoms with Crippen LogP contribution < -0.4 is 5.73 Å². The molecular weight excluding hydrogens is 386 g/mol. The van der Waals surface area contributed by atoms with Gasteiger partial charge in [0.25, 0.3) is 0 Å². The molecule has 4 rings (SSSR count). The number of carbonyl (C=O) groups excluding carboxylic acids is 1. The maximum atomic E-state index is 12.0. The van der Waals surface area contributed by atoms with Crippen molar-refractivity contribution in [3.8, 4) is 0 Å². The first-order valence-corrected chi connectivity index (χ1v) is 10.2. The third-order valence-corrected chi connectivity index (χ3v) is 5.61. The van der Waals surface area contributed by atoms with Gasteiger partial charge in [0.2, 0.25) is 0 Å². The summed E-state index contributed by atoms with van der Waals surface area (Å²) in [4.78, 5) is 16.5. The second kappa shape index (κ2) is 8.98. The Balaban J connectivity index is 2.01. The van der Waals surface area contributed by atoms with Crippen molar-refractivity contribution in [2.45, 2.75) is 18.0 Å². The molecule has 2 N–H and O–H groups in total. The van der Waals surface area contributed by atoms with Crippen LogP contribution in [0.3, 0.4) is 0 Å². The fourth-order valence-electron chi connectivity index (χ4n) is 4.22. The predicted octanol–water partition coefficient (Wildman–Crippen LogP) is 3.77. The Hall–Kier alpha value is -3.70. The zero-order valence-electron chi connectivity index (χ0n) is 17.4. The molecule has 0 saturated carbocycles. The number of hydrogen-bond donors (Lipinski definition) is 1. The van der Waals surface area contributed by atoms with Crippen molar-refractivity contribution in [3.63, 3.8) is 0 Å². The minimum atomic E-state index is -0.794. The number of rotatable bonds is 7. The van der Waals surface area contributed by atoms with Gasteiger partial charge in [-0.1, -0.05) is 91.0 Å². The summed E-state index contributed by atoms with van der Waals surface area (Å²) in [6, 6.07) is 30.2. The van der Waals surface area contributed by atoms with Gasteiger partial charge >= 0.3 is 5.97 Å². The number of hydrogen-bond acceptors (Lipinski definition) is 4. The first-order valence-electron chi connectivity index (χ1n) is 10.2. The molecule has 0 amide bonds. The van der Waals surface area contributed by atoms with E-state index < -0.39 is 17.4 Å². The lowest BCUT2D eigenvalue weighted by atomic mass is 9.67. The van der Waals surface area contributed by atoms with Crippen LogP contribution in [-0.4, -0.2) is 28.7 Å². The van der Waals surface area contributed by atoms with Crippen LogP contribution in [0.25, 0.3) is 0 Å². The fourth-order valence-corrected chi connectivity index (χ4v) is 4.22. The van der Waals surface area contributed by atoms with Crippen molar-refractivity contribution in [3.05, 3.63) is 126 Å². The average molecular weight is 412 g/mol. The Kier molecular flexibility index (Phi) is 5.96. The minimum absolute atomic E-state index is 0.260. The summed E-state index contributed by atoms with van der Waals surface area (Å²) >= 11 is 0. The monoisotopic (exact) mass is 411 g/mol. The number of nitrogens with zero attached hydrogens (tertiary/aromatic N) is 2. The summed E-state index contributed by atoms with van der Waals surface area (Å²) < 4.78 is 6.80. The number of ether oxygens (including phenoxy) is 1. The molecule has 1 heterocycles. The lowest BCUT2D eigenvalue weighted by Crippen LogP contribution is -2.39. The van der Waals surface area contributed by atoms with E-state index in [0.29, 0.717) is 0 Å². The third-order valence-electron chi connectivity index (χ3n) is 5.61. The van der Waals surface area contributed by atoms with E-state index >= 15 is 0 Å². The Bertz CT molecular complexity index is 1030. The van der Waals surface area contributed by atoms with E-state index in [1.54, 1.807) is 6.33 Å². The molecule has 1 atom stereocenters. The molecule has 5 heteroatoms. The Morgan fingerprint density at radius 2 is 1.35 bits per heavy atom. The SMILES string of the molecule is COC(=O)C(N)Cn1cncc1C(c1ccccc1)(c1ccccc1)c1ccccc1. The molecule has 0 bridgehead atoms. The molecule has 0 aliphatic rings. The van der Waals surface area contributed by atoms with Gasteiger partial charge in [0.05, 0.1) is 24.5 Å². The average Bonchev–Trinajstić information content (AvgIpc) is 3.29. The molecule has 0 fully saturated rings. The van der Waals surface area contributed by atoms with Crippen LogP contribution in [-0.2, 0) is 21.5 Å². The van der Waals surface area contributed by atoms with Crippen LogP contribution in [0.4, 0.5) is 0 Å². The predicted molar refractivity (Wildman–Crippen MR) is 121 cm³/mol. The Morgan fingerprint density at radius 3 is 1.77 bits per heavy atom. The highest BCUT2D eigenvalue weighted by Gasteiger charge is 2.41. The topological polar surface area (TPSA) is 70.1 Å². The summed E-state index contributed by atoms with van der Waals surface area (Å²) in [5.41, 5.74) is 9.70. The molecule has 0 aliphatic heterocycles. The van der Waals surface area contributed by atoms with Crippen LogP contribution in [0.2, 0.25) is 0 Å². The van der Waals surface area contributed by atoms with Gasteiger partial charge in [0, 0.05) is 12.7 Å². The molecule has 5 nitrogen and oxygen atoms in total. The molecule has 156 valence electrons. The largest absolute Gasteiger partial charge is 0.468 e. The van der Waals surface area contributed by atoms with Crippen LogP contribution in [0.1, 0.15) is 22.4 Å². The Morgan fingerprint density at radius 1 is 0.903 bits per heavy atom. The smallest absolute Gasteiger partial charge is 0.324 e. The number of benzene rings is 3. The number of methoxy groups -OCH3 is 1. The maximum absolute atomic E-state index is 12.0. The molecule has 4 aromatic rings. The van der Waals surface area contributed by atoms with Gasteiger partial charge < -0.3 is 15.0 Å². The van der Waals surface area contributed by atoms with Gasteiger partial charge in [0.1, 0.15) is 6.04 Å². The first kappa shape index (κ1) is 20.6. The van der Waals surface area contributed by atoms with Gasteiger partial charge in [-0.25, -0.2) is 4.98 Å². The molecule has 0 saturated heterocycles. The van der Waals surface area contributed by atoms with Crippen molar-refractivity contribution in [1.29, 1.82) is 0 Å². The highest BCUT2D eigenvalue weighted by molar-refractivity contribution is 5.75. The summed E-state index contributed by atoms with van der Waals surface area (Å²) in [5, 5.41) is 0. The molecular formula is C26H25N3O2. The number of nitrogens with two attached hydrogens (primary N) is 1. The van der Waals surface area contributed by atoms with Crippen LogP contribution >= 0.6 is 0 Å². The molecule has 0 aliphatic carbocycles. The zero-order valence-corrected chi connectivity index (χ0v) is 17.4. The normalized spacial score (nSPS) is 12.3. The minimum Gasteiger partial charge on any atom is -0.468 e. The summed E-state index contributed by atoms with van der Waals surface area (Å²) in [7, 11) is 1.35. The zero-order chi connectivity index (χ0) is 21.7. The summed E-state index contributed by atoms with van der Waals surface area (Å²) in [6.07, 6.45) is 3.58. The van der Waals surface area contributed by atoms with E-state index in [-0.39, 0.29) is 6.54 Å². The quantitative estimate of drug-likeness (QED) is 0.371. The number of aromatic nitrogens is 2. The molecule has 0 radical (unpaired) electrons. The first-order chi connectivity index (χ1) is 15.2. The standard InChI is InChI=1S/C26H25N3O2/c1-31-25(30)23(27)18-29-19-28-17-24(29)26(20-11-5-2-6-12-20,21-13-7-3-8-14-21)22-15-9-4-10-16-22/h2-17,19,23H,18,27H2,1H3. The highest BCUT2D eigenvalue weighted by atomic mass is 16.5. The summed E-state index contributed by atoms with van der Waals surface area (Å²) in [5.74, 6) is -0.454. The van der Waals surface area contributed by atoms with E-state index in [9.17, 15) is 4.79 Å². The highest BCUT2D eigenvalue weighted by Crippen LogP contribution is 2.44. The summed E-state index contributed by atoms with van der Waals surface area (Å²) in [6.45, 7) is 0.260. The van der Waals surface area contributed by atoms with E-state index in [0.717, 1.165) is 22.4 Å². The molecule has 1 unspecified atom stereocenters. The van der Waals surface area contributed by atoms with Crippen molar-refractivity contribution in [2.24, 2.45) is 5.73 Å².